The number of aromatic nitrogens is 3. The van der Waals surface area contributed by atoms with E-state index in [2.05, 4.69) is 20.3 Å². The zero-order chi connectivity index (χ0) is 14.1. The molecule has 0 aliphatic heterocycles. The van der Waals surface area contributed by atoms with Gasteiger partial charge in [0.2, 0.25) is 11.8 Å². The Hall–Kier alpha value is -2.70. The van der Waals surface area contributed by atoms with Gasteiger partial charge in [0, 0.05) is 12.4 Å². The van der Waals surface area contributed by atoms with Crippen LogP contribution >= 0.6 is 0 Å². The van der Waals surface area contributed by atoms with Crippen LogP contribution in [0.15, 0.2) is 28.7 Å². The molecule has 1 aromatic carbocycles. The molecule has 1 N–H and O–H groups in total. The van der Waals surface area contributed by atoms with E-state index in [4.69, 9.17) is 9.15 Å². The lowest BCUT2D eigenvalue weighted by atomic mass is 10.2. The lowest BCUT2D eigenvalue weighted by molar-refractivity contribution is 0.379. The summed E-state index contributed by atoms with van der Waals surface area (Å²) in [6.07, 6.45) is 0. The SMILES string of the molecule is CNc1nc(OC)nc(-c2cc3cccc(F)c3o2)n1. The smallest absolute Gasteiger partial charge is 0.321 e. The topological polar surface area (TPSA) is 73.1 Å². The first kappa shape index (κ1) is 12.3. The van der Waals surface area contributed by atoms with Crippen molar-refractivity contribution in [1.82, 2.24) is 15.0 Å². The highest BCUT2D eigenvalue weighted by atomic mass is 19.1. The Morgan fingerprint density at radius 1 is 1.25 bits per heavy atom. The number of hydrogen-bond donors (Lipinski definition) is 1. The zero-order valence-electron chi connectivity index (χ0n) is 10.8. The number of methoxy groups -OCH3 is 1. The average Bonchev–Trinajstić information content (AvgIpc) is 2.92. The maximum Gasteiger partial charge on any atom is 0.321 e. The van der Waals surface area contributed by atoms with Gasteiger partial charge in [-0.05, 0) is 12.1 Å². The van der Waals surface area contributed by atoms with Crippen LogP contribution < -0.4 is 10.1 Å². The molecule has 102 valence electrons. The lowest BCUT2D eigenvalue weighted by Crippen LogP contribution is -2.02. The summed E-state index contributed by atoms with van der Waals surface area (Å²) >= 11 is 0. The highest BCUT2D eigenvalue weighted by Crippen LogP contribution is 2.28. The van der Waals surface area contributed by atoms with Crippen molar-refractivity contribution in [3.63, 3.8) is 0 Å². The molecular formula is C13H11FN4O2. The molecular weight excluding hydrogens is 263 g/mol. The summed E-state index contributed by atoms with van der Waals surface area (Å²) in [6.45, 7) is 0. The second-order valence-corrected chi connectivity index (χ2v) is 3.99. The van der Waals surface area contributed by atoms with Crippen molar-refractivity contribution in [3.8, 4) is 17.6 Å². The molecule has 0 atom stereocenters. The third-order valence-corrected chi connectivity index (χ3v) is 2.74. The molecule has 0 aliphatic rings. The van der Waals surface area contributed by atoms with Crippen LogP contribution in [0.4, 0.5) is 10.3 Å². The van der Waals surface area contributed by atoms with Gasteiger partial charge in [-0.25, -0.2) is 4.39 Å². The van der Waals surface area contributed by atoms with E-state index in [1.54, 1.807) is 25.2 Å². The summed E-state index contributed by atoms with van der Waals surface area (Å²) in [4.78, 5) is 12.3. The molecule has 2 heterocycles. The van der Waals surface area contributed by atoms with Gasteiger partial charge in [-0.3, -0.25) is 0 Å². The molecule has 3 aromatic rings. The first-order valence-electron chi connectivity index (χ1n) is 5.87. The van der Waals surface area contributed by atoms with Crippen LogP contribution in [-0.2, 0) is 0 Å². The Bertz CT molecular complexity index is 750. The number of halogens is 1. The minimum absolute atomic E-state index is 0.153. The van der Waals surface area contributed by atoms with Crippen LogP contribution in [-0.4, -0.2) is 29.1 Å². The van der Waals surface area contributed by atoms with Gasteiger partial charge in [0.1, 0.15) is 0 Å². The van der Waals surface area contributed by atoms with Crippen molar-refractivity contribution >= 4 is 16.9 Å². The monoisotopic (exact) mass is 274 g/mol. The number of hydrogen-bond acceptors (Lipinski definition) is 6. The number of benzene rings is 1. The zero-order valence-corrected chi connectivity index (χ0v) is 10.8. The number of para-hydroxylation sites is 1. The second-order valence-electron chi connectivity index (χ2n) is 3.99. The average molecular weight is 274 g/mol. The third-order valence-electron chi connectivity index (χ3n) is 2.74. The molecule has 20 heavy (non-hydrogen) atoms. The predicted octanol–water partition coefficient (Wildman–Crippen LogP) is 2.47. The van der Waals surface area contributed by atoms with E-state index >= 15 is 0 Å². The van der Waals surface area contributed by atoms with E-state index in [9.17, 15) is 4.39 Å². The van der Waals surface area contributed by atoms with Crippen molar-refractivity contribution < 1.29 is 13.5 Å². The van der Waals surface area contributed by atoms with Gasteiger partial charge in [-0.2, -0.15) is 15.0 Å². The van der Waals surface area contributed by atoms with Crippen molar-refractivity contribution in [2.45, 2.75) is 0 Å². The number of ether oxygens (including phenoxy) is 1. The van der Waals surface area contributed by atoms with Crippen molar-refractivity contribution in [2.24, 2.45) is 0 Å². The quantitative estimate of drug-likeness (QED) is 0.791. The van der Waals surface area contributed by atoms with Crippen LogP contribution in [0, 0.1) is 5.82 Å². The molecule has 0 aliphatic carbocycles. The number of anilines is 1. The maximum atomic E-state index is 13.6. The Balaban J connectivity index is 2.17. The van der Waals surface area contributed by atoms with E-state index < -0.39 is 5.82 Å². The Morgan fingerprint density at radius 2 is 2.10 bits per heavy atom. The van der Waals surface area contributed by atoms with Gasteiger partial charge in [-0.1, -0.05) is 12.1 Å². The molecule has 3 rings (SSSR count). The first-order chi connectivity index (χ1) is 9.71. The lowest BCUT2D eigenvalue weighted by Gasteiger charge is -2.03. The fourth-order valence-corrected chi connectivity index (χ4v) is 1.81. The normalized spacial score (nSPS) is 10.8. The summed E-state index contributed by atoms with van der Waals surface area (Å²) < 4.78 is 24.1. The minimum atomic E-state index is -0.427. The van der Waals surface area contributed by atoms with E-state index in [1.807, 2.05) is 0 Å². The highest BCUT2D eigenvalue weighted by Gasteiger charge is 2.14. The molecule has 2 aromatic heterocycles. The van der Waals surface area contributed by atoms with Crippen molar-refractivity contribution in [2.75, 3.05) is 19.5 Å². The van der Waals surface area contributed by atoms with E-state index in [0.29, 0.717) is 17.1 Å². The van der Waals surface area contributed by atoms with Gasteiger partial charge in [0.05, 0.1) is 7.11 Å². The molecule has 0 radical (unpaired) electrons. The molecule has 0 saturated carbocycles. The molecule has 0 bridgehead atoms. The summed E-state index contributed by atoms with van der Waals surface area (Å²) in [7, 11) is 3.13. The number of nitrogens with zero attached hydrogens (tertiary/aromatic N) is 3. The Labute approximate surface area is 113 Å². The number of nitrogens with one attached hydrogen (secondary N) is 1. The Kier molecular flexibility index (Phi) is 2.94. The molecule has 0 unspecified atom stereocenters. The Morgan fingerprint density at radius 3 is 2.80 bits per heavy atom. The first-order valence-corrected chi connectivity index (χ1v) is 5.87. The van der Waals surface area contributed by atoms with Gasteiger partial charge < -0.3 is 14.5 Å². The second kappa shape index (κ2) is 4.76. The van der Waals surface area contributed by atoms with Crippen molar-refractivity contribution in [3.05, 3.63) is 30.1 Å². The van der Waals surface area contributed by atoms with Gasteiger partial charge in [0.25, 0.3) is 0 Å². The standard InChI is InChI=1S/C13H11FN4O2/c1-15-12-16-11(17-13(18-12)19-2)9-6-7-4-3-5-8(14)10(7)20-9/h3-6H,1-2H3,(H,15,16,17,18). The fourth-order valence-electron chi connectivity index (χ4n) is 1.81. The number of furan rings is 1. The fraction of sp³-hybridized carbons (Fsp3) is 0.154. The van der Waals surface area contributed by atoms with Crippen LogP contribution in [0.1, 0.15) is 0 Å². The van der Waals surface area contributed by atoms with E-state index in [-0.39, 0.29) is 17.4 Å². The maximum absolute atomic E-state index is 13.6. The summed E-state index contributed by atoms with van der Waals surface area (Å²) in [5.74, 6) is 0.537. The van der Waals surface area contributed by atoms with Gasteiger partial charge in [-0.15, -0.1) is 0 Å². The third kappa shape index (κ3) is 2.03. The molecule has 7 heteroatoms. The summed E-state index contributed by atoms with van der Waals surface area (Å²) in [5.41, 5.74) is 0.174. The molecule has 0 fully saturated rings. The van der Waals surface area contributed by atoms with Crippen LogP contribution in [0.25, 0.3) is 22.6 Å². The minimum Gasteiger partial charge on any atom is -0.467 e. The van der Waals surface area contributed by atoms with E-state index in [0.717, 1.165) is 0 Å². The molecule has 6 nitrogen and oxygen atoms in total. The predicted molar refractivity (Wildman–Crippen MR) is 71.1 cm³/mol. The van der Waals surface area contributed by atoms with Crippen LogP contribution in [0.3, 0.4) is 0 Å². The van der Waals surface area contributed by atoms with Crippen LogP contribution in [0.5, 0.6) is 6.01 Å². The summed E-state index contributed by atoms with van der Waals surface area (Å²) in [5, 5.41) is 3.44. The molecule has 0 spiro atoms. The summed E-state index contributed by atoms with van der Waals surface area (Å²) in [6, 6.07) is 6.53. The van der Waals surface area contributed by atoms with Crippen LogP contribution in [0.2, 0.25) is 0 Å². The van der Waals surface area contributed by atoms with Gasteiger partial charge in [0.15, 0.2) is 17.2 Å². The number of rotatable bonds is 3. The van der Waals surface area contributed by atoms with Crippen molar-refractivity contribution in [1.29, 1.82) is 0 Å². The van der Waals surface area contributed by atoms with E-state index in [1.165, 1.54) is 13.2 Å². The molecule has 0 saturated heterocycles. The highest BCUT2D eigenvalue weighted by molar-refractivity contribution is 5.82. The number of fused-ring (bicyclic) bond motifs is 1. The van der Waals surface area contributed by atoms with Gasteiger partial charge >= 0.3 is 6.01 Å². The molecule has 0 amide bonds. The largest absolute Gasteiger partial charge is 0.467 e.